The van der Waals surface area contributed by atoms with Gasteiger partial charge < -0.3 is 28.4 Å². The molecule has 0 aliphatic rings. The highest BCUT2D eigenvalue weighted by Crippen LogP contribution is 2.40. The molecule has 0 saturated heterocycles. The van der Waals surface area contributed by atoms with E-state index in [2.05, 4.69) is 36.4 Å². The molecule has 0 N–H and O–H groups in total. The van der Waals surface area contributed by atoms with Gasteiger partial charge in [0.05, 0.1) is 27.9 Å². The van der Waals surface area contributed by atoms with Crippen molar-refractivity contribution in [1.29, 1.82) is 0 Å². The van der Waals surface area contributed by atoms with Gasteiger partial charge in [0.2, 0.25) is 0 Å². The first-order valence-electron chi connectivity index (χ1n) is 41.0. The minimum Gasteiger partial charge on any atom is -0.489 e. The third-order valence-corrected chi connectivity index (χ3v) is 22.7. The van der Waals surface area contributed by atoms with E-state index in [1.165, 1.54) is 23.5 Å². The molecule has 11 aromatic rings. The Balaban J connectivity index is 0.000000209. The van der Waals surface area contributed by atoms with Crippen molar-refractivity contribution in [2.75, 3.05) is 39.6 Å². The van der Waals surface area contributed by atoms with Crippen molar-refractivity contribution in [1.82, 2.24) is 0 Å². The molecular weight excluding hydrogens is 1550 g/mol. The van der Waals surface area contributed by atoms with Crippen LogP contribution in [0.4, 0.5) is 0 Å². The van der Waals surface area contributed by atoms with Crippen LogP contribution >= 0.6 is 23.5 Å². The molecule has 0 spiro atoms. The Labute approximate surface area is 722 Å². The van der Waals surface area contributed by atoms with Gasteiger partial charge in [-0.2, -0.15) is 0 Å². The summed E-state index contributed by atoms with van der Waals surface area (Å²) in [5.41, 5.74) is 10.7. The van der Waals surface area contributed by atoms with Crippen molar-refractivity contribution in [3.63, 3.8) is 0 Å². The Morgan fingerprint density at radius 2 is 0.587 bits per heavy atom. The summed E-state index contributed by atoms with van der Waals surface area (Å²) < 4.78 is 32.1. The molecule has 0 aliphatic carbocycles. The molecule has 17 heteroatoms. The Morgan fingerprint density at radius 1 is 0.289 bits per heavy atom. The summed E-state index contributed by atoms with van der Waals surface area (Å²) in [6.45, 7) is 25.7. The lowest BCUT2D eigenvalue weighted by atomic mass is 9.91. The fraction of sp³-hybridized carbons (Fsp3) is 0.279. The number of rotatable bonds is 32. The summed E-state index contributed by atoms with van der Waals surface area (Å²) in [5.74, 6) is -0.859. The first-order valence-corrected chi connectivity index (χ1v) is 42.6. The van der Waals surface area contributed by atoms with Gasteiger partial charge in [-0.3, -0.25) is 33.6 Å². The second kappa shape index (κ2) is 49.5. The number of benzene rings is 11. The number of hydrogen-bond acceptors (Lipinski definition) is 17. The van der Waals surface area contributed by atoms with Crippen LogP contribution in [0.2, 0.25) is 0 Å². The lowest BCUT2D eigenvalue weighted by Gasteiger charge is -2.21. The van der Waals surface area contributed by atoms with Crippen LogP contribution in [0.15, 0.2) is 307 Å². The first-order chi connectivity index (χ1) is 58.1. The maximum Gasteiger partial charge on any atom is 0.338 e. The highest BCUT2D eigenvalue weighted by atomic mass is 32.2. The Kier molecular flexibility index (Phi) is 39.3. The van der Waals surface area contributed by atoms with Crippen LogP contribution in [0.1, 0.15) is 175 Å². The molecule has 2 atom stereocenters. The van der Waals surface area contributed by atoms with Gasteiger partial charge >= 0.3 is 29.8 Å². The van der Waals surface area contributed by atoms with Gasteiger partial charge in [0.25, 0.3) is 0 Å². The SMILES string of the molecule is CCC(C)(C)C(=O)OCCOC(=O)c1ccc(-c2ccccc2)cc1.CCC(C)(C)C(=O)OCCOc1c(-c2ccccc2)cccc1-c1ccccc1.CCC(C)(C)C(=O)Sc1ccc(C(=O)c2ccccc2)cc1.CCC(C)C(=O)OCCOC(=O)c1ccc(-c2ccccc2)cc1.CCC(C)C(=O)Sc1ccc(C(=O)c2ccccc2)cc1. The zero-order valence-electron chi connectivity index (χ0n) is 71.7. The number of carbonyl (C=O) groups excluding carboxylic acids is 9. The molecule has 121 heavy (non-hydrogen) atoms. The first kappa shape index (κ1) is 96.1. The number of hydrogen-bond donors (Lipinski definition) is 0. The lowest BCUT2D eigenvalue weighted by Crippen LogP contribution is -2.27. The van der Waals surface area contributed by atoms with E-state index in [-0.39, 0.29) is 90.0 Å². The molecule has 0 aliphatic heterocycles. The van der Waals surface area contributed by atoms with Crippen molar-refractivity contribution in [3.05, 3.63) is 331 Å². The van der Waals surface area contributed by atoms with E-state index >= 15 is 0 Å². The second-order valence-electron chi connectivity index (χ2n) is 30.4. The fourth-order valence-electron chi connectivity index (χ4n) is 10.9. The molecule has 630 valence electrons. The van der Waals surface area contributed by atoms with Crippen LogP contribution in [0.5, 0.6) is 5.75 Å². The lowest BCUT2D eigenvalue weighted by molar-refractivity contribution is -0.155. The average Bonchev–Trinajstić information content (AvgIpc) is 0.798. The van der Waals surface area contributed by atoms with Gasteiger partial charge in [0, 0.05) is 54.5 Å². The highest BCUT2D eigenvalue weighted by molar-refractivity contribution is 8.14. The topological polar surface area (TPSA) is 209 Å². The van der Waals surface area contributed by atoms with Crippen molar-refractivity contribution >= 4 is 75.2 Å². The molecule has 0 aromatic heterocycles. The van der Waals surface area contributed by atoms with Crippen LogP contribution in [0.3, 0.4) is 0 Å². The standard InChI is InChI=1S/C26H28O3.C21H24O4.C20H22O4.C19H20O2S.C18H18O2S/c1-4-26(2,3)25(27)29-19-18-28-24-22(20-12-7-5-8-13-20)16-11-17-23(24)21-14-9-6-10-15-21;1-4-21(2,3)20(23)25-15-14-24-19(22)18-12-10-17(11-13-18)16-8-6-5-7-9-16;1-3-15(2)19(21)23-13-14-24-20(22)18-11-9-17(10-12-18)16-7-5-4-6-8-16;1-4-19(2,3)18(21)22-16-12-10-15(11-13-16)17(20)14-8-6-5-7-9-14;1-3-13(2)18(20)21-16-11-9-15(10-12-16)17(19)14-7-5-4-6-8-14/h5-17H,4,18-19H2,1-3H3;5-13H,4,14-15H2,1-3H3;4-12,15H,3,13-14H2,1-2H3;5-13H,4H2,1-3H3;4-13H,3H2,1-2H3. The summed E-state index contributed by atoms with van der Waals surface area (Å²) >= 11 is 2.48. The average molecular weight is 1670 g/mol. The number of esters is 5. The minimum atomic E-state index is -0.517. The molecule has 0 radical (unpaired) electrons. The molecule has 11 rings (SSSR count). The third kappa shape index (κ3) is 30.9. The van der Waals surface area contributed by atoms with E-state index in [0.717, 1.165) is 85.7 Å². The Bertz CT molecular complexity index is 5000. The smallest absolute Gasteiger partial charge is 0.338 e. The van der Waals surface area contributed by atoms with Crippen LogP contribution in [0.25, 0.3) is 44.5 Å². The van der Waals surface area contributed by atoms with E-state index in [9.17, 15) is 43.2 Å². The summed E-state index contributed by atoms with van der Waals surface area (Å²) in [4.78, 5) is 110. The zero-order valence-corrected chi connectivity index (χ0v) is 73.3. The van der Waals surface area contributed by atoms with Gasteiger partial charge in [-0.15, -0.1) is 0 Å². The molecule has 11 aromatic carbocycles. The maximum absolute atomic E-state index is 12.3. The summed E-state index contributed by atoms with van der Waals surface area (Å²) in [7, 11) is 0. The van der Waals surface area contributed by atoms with Gasteiger partial charge in [0.1, 0.15) is 45.4 Å². The zero-order chi connectivity index (χ0) is 87.7. The largest absolute Gasteiger partial charge is 0.489 e. The number of ether oxygens (including phenoxy) is 6. The van der Waals surface area contributed by atoms with Crippen molar-refractivity contribution < 1.29 is 71.6 Å². The fourth-order valence-corrected chi connectivity index (χ4v) is 12.6. The summed E-state index contributed by atoms with van der Waals surface area (Å²) in [6.07, 6.45) is 3.81. The highest BCUT2D eigenvalue weighted by Gasteiger charge is 2.29. The Hall–Kier alpha value is -12.1. The van der Waals surface area contributed by atoms with Crippen LogP contribution in [-0.2, 0) is 47.7 Å². The molecule has 0 heterocycles. The van der Waals surface area contributed by atoms with Crippen LogP contribution < -0.4 is 4.74 Å². The van der Waals surface area contributed by atoms with E-state index in [1.807, 2.05) is 278 Å². The third-order valence-electron chi connectivity index (χ3n) is 20.4. The number of carbonyl (C=O) groups is 9. The number of para-hydroxylation sites is 1. The molecule has 0 amide bonds. The van der Waals surface area contributed by atoms with Crippen molar-refractivity contribution in [3.8, 4) is 50.3 Å². The number of thioether (sulfide) groups is 2. The predicted molar refractivity (Wildman–Crippen MR) is 485 cm³/mol. The van der Waals surface area contributed by atoms with Crippen molar-refractivity contribution in [2.45, 2.75) is 132 Å². The van der Waals surface area contributed by atoms with E-state index < -0.39 is 22.8 Å². The van der Waals surface area contributed by atoms with Crippen LogP contribution in [0, 0.1) is 28.1 Å². The maximum atomic E-state index is 12.3. The van der Waals surface area contributed by atoms with Crippen molar-refractivity contribution in [2.24, 2.45) is 28.1 Å². The van der Waals surface area contributed by atoms with Gasteiger partial charge in [-0.1, -0.05) is 310 Å². The Morgan fingerprint density at radius 3 is 0.942 bits per heavy atom. The normalized spacial score (nSPS) is 11.3. The minimum absolute atomic E-state index is 0.000373. The molecular formula is C104H112O15S2. The quantitative estimate of drug-likeness (QED) is 0.0126. The van der Waals surface area contributed by atoms with Gasteiger partial charge in [-0.25, -0.2) is 9.59 Å². The predicted octanol–water partition coefficient (Wildman–Crippen LogP) is 24.5. The molecule has 15 nitrogen and oxygen atoms in total. The molecule has 0 fully saturated rings. The molecule has 0 bridgehead atoms. The molecule has 2 unspecified atom stereocenters. The monoisotopic (exact) mass is 1660 g/mol. The van der Waals surface area contributed by atoms with E-state index in [4.69, 9.17) is 28.4 Å². The summed E-state index contributed by atoms with van der Waals surface area (Å²) in [6, 6.07) is 93.7. The molecule has 0 saturated carbocycles. The van der Waals surface area contributed by atoms with Gasteiger partial charge in [-0.05, 0) is 166 Å². The van der Waals surface area contributed by atoms with Crippen LogP contribution in [-0.4, -0.2) is 91.3 Å². The summed E-state index contributed by atoms with van der Waals surface area (Å²) in [5, 5.41) is 0.316. The number of ketones is 2. The van der Waals surface area contributed by atoms with E-state index in [0.29, 0.717) is 46.4 Å². The van der Waals surface area contributed by atoms with Gasteiger partial charge in [0.15, 0.2) is 21.8 Å². The second-order valence-corrected chi connectivity index (χ2v) is 32.6. The van der Waals surface area contributed by atoms with E-state index in [1.54, 1.807) is 72.8 Å².